The van der Waals surface area contributed by atoms with E-state index in [1.54, 1.807) is 12.4 Å². The highest BCUT2D eigenvalue weighted by atomic mass is 14.9. The largest absolute Gasteiger partial charge is 0.342 e. The molecule has 0 saturated heterocycles. The van der Waals surface area contributed by atoms with Gasteiger partial charge in [-0.3, -0.25) is 4.98 Å². The Morgan fingerprint density at radius 3 is 2.80 bits per heavy atom. The molecule has 0 spiro atoms. The predicted molar refractivity (Wildman–Crippen MR) is 59.2 cm³/mol. The van der Waals surface area contributed by atoms with Crippen molar-refractivity contribution in [1.29, 1.82) is 0 Å². The summed E-state index contributed by atoms with van der Waals surface area (Å²) in [5.41, 5.74) is 7.58. The molecule has 2 aromatic heterocycles. The SMILES string of the molecule is NCCCc1ncc(-c2ccncc2)[nH]1. The van der Waals surface area contributed by atoms with Crippen LogP contribution in [0.5, 0.6) is 0 Å². The van der Waals surface area contributed by atoms with Gasteiger partial charge in [-0.2, -0.15) is 0 Å². The number of H-pyrrole nitrogens is 1. The molecule has 0 aromatic carbocycles. The second kappa shape index (κ2) is 4.70. The lowest BCUT2D eigenvalue weighted by Crippen LogP contribution is -2.01. The molecular weight excluding hydrogens is 188 g/mol. The third kappa shape index (κ3) is 2.41. The molecule has 4 heteroatoms. The molecule has 0 fully saturated rings. The Labute approximate surface area is 88.6 Å². The summed E-state index contributed by atoms with van der Waals surface area (Å²) in [5.74, 6) is 0.993. The summed E-state index contributed by atoms with van der Waals surface area (Å²) in [7, 11) is 0. The van der Waals surface area contributed by atoms with Crippen molar-refractivity contribution < 1.29 is 0 Å². The Morgan fingerprint density at radius 1 is 1.27 bits per heavy atom. The molecule has 2 heterocycles. The summed E-state index contributed by atoms with van der Waals surface area (Å²) in [4.78, 5) is 11.5. The summed E-state index contributed by atoms with van der Waals surface area (Å²) < 4.78 is 0. The molecule has 0 amide bonds. The van der Waals surface area contributed by atoms with Crippen molar-refractivity contribution in [3.05, 3.63) is 36.5 Å². The average Bonchev–Trinajstić information content (AvgIpc) is 2.76. The van der Waals surface area contributed by atoms with Gasteiger partial charge < -0.3 is 10.7 Å². The van der Waals surface area contributed by atoms with Crippen LogP contribution in [0, 0.1) is 0 Å². The standard InChI is InChI=1S/C11H14N4/c12-5-1-2-11-14-8-10(15-11)9-3-6-13-7-4-9/h3-4,6-8H,1-2,5,12H2,(H,14,15). The van der Waals surface area contributed by atoms with Gasteiger partial charge in [0.05, 0.1) is 11.9 Å². The average molecular weight is 202 g/mol. The molecule has 0 radical (unpaired) electrons. The number of pyridine rings is 1. The number of hydrogen-bond donors (Lipinski definition) is 2. The number of nitrogens with two attached hydrogens (primary N) is 1. The molecular formula is C11H14N4. The Morgan fingerprint density at radius 2 is 2.07 bits per heavy atom. The van der Waals surface area contributed by atoms with Gasteiger partial charge in [-0.15, -0.1) is 0 Å². The van der Waals surface area contributed by atoms with E-state index in [2.05, 4.69) is 15.0 Å². The summed E-state index contributed by atoms with van der Waals surface area (Å²) in [6.07, 6.45) is 7.26. The van der Waals surface area contributed by atoms with Gasteiger partial charge in [-0.25, -0.2) is 4.98 Å². The lowest BCUT2D eigenvalue weighted by Gasteiger charge is -1.95. The van der Waals surface area contributed by atoms with Crippen LogP contribution in [0.3, 0.4) is 0 Å². The first-order valence-electron chi connectivity index (χ1n) is 5.04. The number of aryl methyl sites for hydroxylation is 1. The minimum atomic E-state index is 0.700. The van der Waals surface area contributed by atoms with Gasteiger partial charge in [0, 0.05) is 24.4 Å². The van der Waals surface area contributed by atoms with E-state index in [1.807, 2.05) is 18.3 Å². The van der Waals surface area contributed by atoms with Crippen LogP contribution in [0.4, 0.5) is 0 Å². The second-order valence-electron chi connectivity index (χ2n) is 3.37. The van der Waals surface area contributed by atoms with Crippen LogP contribution in [-0.2, 0) is 6.42 Å². The quantitative estimate of drug-likeness (QED) is 0.786. The number of imidazole rings is 1. The first kappa shape index (κ1) is 9.86. The number of rotatable bonds is 4. The molecule has 0 unspecified atom stereocenters. The fourth-order valence-electron chi connectivity index (χ4n) is 1.44. The van der Waals surface area contributed by atoms with Gasteiger partial charge in [0.15, 0.2) is 0 Å². The summed E-state index contributed by atoms with van der Waals surface area (Å²) in [5, 5.41) is 0. The monoisotopic (exact) mass is 202 g/mol. The second-order valence-corrected chi connectivity index (χ2v) is 3.37. The molecule has 2 aromatic rings. The molecule has 78 valence electrons. The van der Waals surface area contributed by atoms with Crippen molar-refractivity contribution in [3.8, 4) is 11.3 Å². The fourth-order valence-corrected chi connectivity index (χ4v) is 1.44. The summed E-state index contributed by atoms with van der Waals surface area (Å²) in [6.45, 7) is 0.700. The number of nitrogens with zero attached hydrogens (tertiary/aromatic N) is 2. The highest BCUT2D eigenvalue weighted by Gasteiger charge is 2.01. The molecule has 15 heavy (non-hydrogen) atoms. The molecule has 3 N–H and O–H groups in total. The molecule has 4 nitrogen and oxygen atoms in total. The van der Waals surface area contributed by atoms with E-state index in [0.29, 0.717) is 6.54 Å². The van der Waals surface area contributed by atoms with E-state index < -0.39 is 0 Å². The molecule has 0 aliphatic rings. The van der Waals surface area contributed by atoms with Crippen LogP contribution in [0.1, 0.15) is 12.2 Å². The molecule has 0 bridgehead atoms. The minimum Gasteiger partial charge on any atom is -0.342 e. The van der Waals surface area contributed by atoms with Gasteiger partial charge in [-0.05, 0) is 25.1 Å². The van der Waals surface area contributed by atoms with Crippen molar-refractivity contribution in [2.75, 3.05) is 6.54 Å². The smallest absolute Gasteiger partial charge is 0.106 e. The fraction of sp³-hybridized carbons (Fsp3) is 0.273. The van der Waals surface area contributed by atoms with Gasteiger partial charge in [-0.1, -0.05) is 0 Å². The van der Waals surface area contributed by atoms with E-state index >= 15 is 0 Å². The Kier molecular flexibility index (Phi) is 3.09. The lowest BCUT2D eigenvalue weighted by molar-refractivity contribution is 0.794. The first-order valence-corrected chi connectivity index (χ1v) is 5.04. The zero-order valence-electron chi connectivity index (χ0n) is 8.48. The number of nitrogens with one attached hydrogen (secondary N) is 1. The zero-order chi connectivity index (χ0) is 10.5. The maximum atomic E-state index is 5.44. The highest BCUT2D eigenvalue weighted by molar-refractivity contribution is 5.57. The number of hydrogen-bond acceptors (Lipinski definition) is 3. The van der Waals surface area contributed by atoms with Crippen LogP contribution < -0.4 is 5.73 Å². The minimum absolute atomic E-state index is 0.700. The zero-order valence-corrected chi connectivity index (χ0v) is 8.48. The third-order valence-electron chi connectivity index (χ3n) is 2.24. The van der Waals surface area contributed by atoms with Gasteiger partial charge in [0.1, 0.15) is 5.82 Å². The molecule has 0 aliphatic carbocycles. The van der Waals surface area contributed by atoms with Crippen molar-refractivity contribution in [2.45, 2.75) is 12.8 Å². The number of aromatic nitrogens is 3. The topological polar surface area (TPSA) is 67.6 Å². The van der Waals surface area contributed by atoms with Gasteiger partial charge >= 0.3 is 0 Å². The van der Waals surface area contributed by atoms with Crippen molar-refractivity contribution in [3.63, 3.8) is 0 Å². The van der Waals surface area contributed by atoms with Crippen LogP contribution >= 0.6 is 0 Å². The number of aromatic amines is 1. The van der Waals surface area contributed by atoms with Crippen molar-refractivity contribution in [2.24, 2.45) is 5.73 Å². The Hall–Kier alpha value is -1.68. The van der Waals surface area contributed by atoms with Crippen LogP contribution in [-0.4, -0.2) is 21.5 Å². The van der Waals surface area contributed by atoms with Gasteiger partial charge in [0.2, 0.25) is 0 Å². The van der Waals surface area contributed by atoms with E-state index in [-0.39, 0.29) is 0 Å². The first-order chi connectivity index (χ1) is 7.40. The van der Waals surface area contributed by atoms with Crippen LogP contribution in [0.25, 0.3) is 11.3 Å². The van der Waals surface area contributed by atoms with Crippen molar-refractivity contribution in [1.82, 2.24) is 15.0 Å². The summed E-state index contributed by atoms with van der Waals surface area (Å²) in [6, 6.07) is 3.92. The molecule has 0 atom stereocenters. The predicted octanol–water partition coefficient (Wildman–Crippen LogP) is 1.36. The van der Waals surface area contributed by atoms with E-state index in [4.69, 9.17) is 5.73 Å². The molecule has 0 saturated carbocycles. The highest BCUT2D eigenvalue weighted by Crippen LogP contribution is 2.15. The molecule has 0 aliphatic heterocycles. The lowest BCUT2D eigenvalue weighted by atomic mass is 10.2. The Balaban J connectivity index is 2.14. The van der Waals surface area contributed by atoms with E-state index in [9.17, 15) is 0 Å². The van der Waals surface area contributed by atoms with E-state index in [1.165, 1.54) is 0 Å². The van der Waals surface area contributed by atoms with Crippen LogP contribution in [0.15, 0.2) is 30.7 Å². The van der Waals surface area contributed by atoms with Gasteiger partial charge in [0.25, 0.3) is 0 Å². The maximum Gasteiger partial charge on any atom is 0.106 e. The summed E-state index contributed by atoms with van der Waals surface area (Å²) >= 11 is 0. The third-order valence-corrected chi connectivity index (χ3v) is 2.24. The van der Waals surface area contributed by atoms with E-state index in [0.717, 1.165) is 29.9 Å². The van der Waals surface area contributed by atoms with Crippen LogP contribution in [0.2, 0.25) is 0 Å². The molecule has 2 rings (SSSR count). The Bertz CT molecular complexity index is 408. The normalized spacial score (nSPS) is 10.5. The maximum absolute atomic E-state index is 5.44. The van der Waals surface area contributed by atoms with Crippen molar-refractivity contribution >= 4 is 0 Å².